The number of carboxylic acid groups (broad SMARTS) is 1. The molecule has 1 unspecified atom stereocenters. The number of aliphatic carboxylic acids is 1. The molecule has 0 aliphatic rings. The van der Waals surface area contributed by atoms with Gasteiger partial charge in [-0.3, -0.25) is 9.59 Å². The molecule has 76 valence electrons. The van der Waals surface area contributed by atoms with Crippen LogP contribution in [0.25, 0.3) is 0 Å². The average Bonchev–Trinajstić information content (AvgIpc) is 2.09. The van der Waals surface area contributed by atoms with E-state index in [2.05, 4.69) is 0 Å². The van der Waals surface area contributed by atoms with Gasteiger partial charge in [0.05, 0.1) is 6.54 Å². The lowest BCUT2D eigenvalue weighted by molar-refractivity contribution is -0.136. The maximum absolute atomic E-state index is 11.3. The highest BCUT2D eigenvalue weighted by molar-refractivity contribution is 6.29. The van der Waals surface area contributed by atoms with Crippen molar-refractivity contribution in [3.8, 4) is 0 Å². The fourth-order valence-corrected chi connectivity index (χ4v) is 1.16. The topological polar surface area (TPSA) is 59.3 Å². The number of hydrogen-bond acceptors (Lipinski definition) is 2. The van der Waals surface area contributed by atoms with Crippen LogP contribution in [0.3, 0.4) is 0 Å². The van der Waals surface area contributed by atoms with Gasteiger partial charge < -0.3 is 9.67 Å². The highest BCUT2D eigenvalue weighted by Gasteiger charge is 2.14. The lowest BCUT2D eigenvalue weighted by Gasteiger charge is -2.07. The average molecular weight is 216 g/mol. The van der Waals surface area contributed by atoms with E-state index in [1.54, 1.807) is 13.0 Å². The normalized spacial score (nSPS) is 12.4. The minimum atomic E-state index is -1.13. The Labute approximate surface area is 85.7 Å². The summed E-state index contributed by atoms with van der Waals surface area (Å²) < 4.78 is 1.28. The number of carboxylic acids is 1. The van der Waals surface area contributed by atoms with Gasteiger partial charge in [-0.05, 0) is 18.6 Å². The molecule has 1 aromatic rings. The van der Waals surface area contributed by atoms with E-state index in [4.69, 9.17) is 16.7 Å². The molecule has 5 heteroatoms. The fourth-order valence-electron chi connectivity index (χ4n) is 1.01. The predicted molar refractivity (Wildman–Crippen MR) is 52.7 cm³/mol. The summed E-state index contributed by atoms with van der Waals surface area (Å²) in [6.45, 7) is 1.77. The summed E-state index contributed by atoms with van der Waals surface area (Å²) >= 11 is 5.50. The molecule has 1 atom stereocenters. The molecule has 0 saturated carbocycles. The van der Waals surface area contributed by atoms with Crippen LogP contribution >= 0.6 is 11.6 Å². The Morgan fingerprint density at radius 2 is 2.36 bits per heavy atom. The van der Waals surface area contributed by atoms with Crippen molar-refractivity contribution in [2.75, 3.05) is 0 Å². The van der Waals surface area contributed by atoms with Gasteiger partial charge in [0.1, 0.15) is 5.38 Å². The molecule has 1 rings (SSSR count). The highest BCUT2D eigenvalue weighted by atomic mass is 35.5. The molecule has 0 bridgehead atoms. The molecule has 0 spiro atoms. The lowest BCUT2D eigenvalue weighted by atomic mass is 10.3. The Morgan fingerprint density at radius 1 is 1.71 bits per heavy atom. The zero-order valence-electron chi connectivity index (χ0n) is 7.61. The van der Waals surface area contributed by atoms with Crippen LogP contribution in [0.5, 0.6) is 0 Å². The van der Waals surface area contributed by atoms with Gasteiger partial charge >= 0.3 is 5.97 Å². The molecule has 0 aliphatic heterocycles. The van der Waals surface area contributed by atoms with Crippen molar-refractivity contribution in [3.63, 3.8) is 0 Å². The number of hydrogen-bond donors (Lipinski definition) is 1. The quantitative estimate of drug-likeness (QED) is 0.761. The molecule has 0 amide bonds. The summed E-state index contributed by atoms with van der Waals surface area (Å²) in [6.07, 6.45) is 1.54. The van der Waals surface area contributed by atoms with Gasteiger partial charge in [0.2, 0.25) is 0 Å². The maximum Gasteiger partial charge on any atom is 0.323 e. The van der Waals surface area contributed by atoms with Crippen LogP contribution in [0.2, 0.25) is 0 Å². The van der Waals surface area contributed by atoms with Gasteiger partial charge in [0.25, 0.3) is 5.56 Å². The molecule has 0 fully saturated rings. The Hall–Kier alpha value is -1.29. The summed E-state index contributed by atoms with van der Waals surface area (Å²) in [5, 5.41) is 7.47. The first-order valence-electron chi connectivity index (χ1n) is 4.04. The maximum atomic E-state index is 11.3. The van der Waals surface area contributed by atoms with Crippen LogP contribution in [0, 0.1) is 6.92 Å². The van der Waals surface area contributed by atoms with Crippen molar-refractivity contribution in [2.45, 2.75) is 18.8 Å². The van der Waals surface area contributed by atoms with Gasteiger partial charge in [-0.25, -0.2) is 0 Å². The Balaban J connectivity index is 2.88. The van der Waals surface area contributed by atoms with E-state index in [1.807, 2.05) is 0 Å². The van der Waals surface area contributed by atoms with Crippen molar-refractivity contribution in [3.05, 3.63) is 34.2 Å². The number of carbonyl (C=O) groups is 1. The Bertz CT molecular complexity index is 399. The first-order valence-corrected chi connectivity index (χ1v) is 4.48. The minimum Gasteiger partial charge on any atom is -0.480 e. The molecule has 1 N–H and O–H groups in total. The minimum absolute atomic E-state index is 0.0179. The molecule has 4 nitrogen and oxygen atoms in total. The van der Waals surface area contributed by atoms with E-state index in [0.717, 1.165) is 5.56 Å². The largest absolute Gasteiger partial charge is 0.480 e. The van der Waals surface area contributed by atoms with E-state index in [9.17, 15) is 9.59 Å². The van der Waals surface area contributed by atoms with Crippen LogP contribution < -0.4 is 5.56 Å². The SMILES string of the molecule is Cc1ccn(CC(Cl)C(=O)O)c(=O)c1. The number of rotatable bonds is 3. The van der Waals surface area contributed by atoms with Crippen molar-refractivity contribution in [2.24, 2.45) is 0 Å². The first kappa shape index (κ1) is 10.8. The number of aromatic nitrogens is 1. The van der Waals surface area contributed by atoms with Gasteiger partial charge in [-0.15, -0.1) is 11.6 Å². The van der Waals surface area contributed by atoms with Crippen LogP contribution in [-0.4, -0.2) is 21.0 Å². The van der Waals surface area contributed by atoms with Crippen molar-refractivity contribution >= 4 is 17.6 Å². The predicted octanol–water partition coefficient (Wildman–Crippen LogP) is 0.849. The van der Waals surface area contributed by atoms with Gasteiger partial charge in [-0.2, -0.15) is 0 Å². The summed E-state index contributed by atoms with van der Waals surface area (Å²) in [5.41, 5.74) is 0.601. The molecule has 0 aliphatic carbocycles. The van der Waals surface area contributed by atoms with Crippen molar-refractivity contribution in [1.82, 2.24) is 4.57 Å². The van der Waals surface area contributed by atoms with E-state index < -0.39 is 11.3 Å². The zero-order chi connectivity index (χ0) is 10.7. The second-order valence-electron chi connectivity index (χ2n) is 3.00. The summed E-state index contributed by atoms with van der Waals surface area (Å²) in [6, 6.07) is 3.16. The van der Waals surface area contributed by atoms with E-state index in [1.165, 1.54) is 16.8 Å². The molecule has 1 heterocycles. The lowest BCUT2D eigenvalue weighted by Crippen LogP contribution is -2.27. The molecule has 0 saturated heterocycles. The van der Waals surface area contributed by atoms with Gasteiger partial charge in [0.15, 0.2) is 0 Å². The van der Waals surface area contributed by atoms with E-state index in [0.29, 0.717) is 0 Å². The van der Waals surface area contributed by atoms with Crippen LogP contribution in [0.4, 0.5) is 0 Å². The second-order valence-corrected chi connectivity index (χ2v) is 3.53. The second kappa shape index (κ2) is 4.28. The summed E-state index contributed by atoms with van der Waals surface area (Å²) in [5.74, 6) is -1.13. The summed E-state index contributed by atoms with van der Waals surface area (Å²) in [4.78, 5) is 21.7. The van der Waals surface area contributed by atoms with E-state index >= 15 is 0 Å². The number of halogens is 1. The zero-order valence-corrected chi connectivity index (χ0v) is 8.36. The third-order valence-electron chi connectivity index (χ3n) is 1.78. The third-order valence-corrected chi connectivity index (χ3v) is 2.10. The van der Waals surface area contributed by atoms with Crippen molar-refractivity contribution < 1.29 is 9.90 Å². The molecular formula is C9H10ClNO3. The molecule has 1 aromatic heterocycles. The Kier molecular flexibility index (Phi) is 3.30. The van der Waals surface area contributed by atoms with Crippen LogP contribution in [-0.2, 0) is 11.3 Å². The number of alkyl halides is 1. The molecule has 0 aromatic carbocycles. The number of pyridine rings is 1. The van der Waals surface area contributed by atoms with Gasteiger partial charge in [0, 0.05) is 12.3 Å². The summed E-state index contributed by atoms with van der Waals surface area (Å²) in [7, 11) is 0. The van der Waals surface area contributed by atoms with E-state index in [-0.39, 0.29) is 12.1 Å². The number of aryl methyl sites for hydroxylation is 1. The van der Waals surface area contributed by atoms with Crippen LogP contribution in [0.15, 0.2) is 23.1 Å². The fraction of sp³-hybridized carbons (Fsp3) is 0.333. The van der Waals surface area contributed by atoms with Gasteiger partial charge in [-0.1, -0.05) is 0 Å². The molecular weight excluding hydrogens is 206 g/mol. The Morgan fingerprint density at radius 3 is 2.86 bits per heavy atom. The van der Waals surface area contributed by atoms with Crippen molar-refractivity contribution in [1.29, 1.82) is 0 Å². The number of nitrogens with zero attached hydrogens (tertiary/aromatic N) is 1. The molecule has 14 heavy (non-hydrogen) atoms. The first-order chi connectivity index (χ1) is 6.50. The third kappa shape index (κ3) is 2.60. The molecule has 0 radical (unpaired) electrons. The highest BCUT2D eigenvalue weighted by Crippen LogP contribution is 1.99. The standard InChI is InChI=1S/C9H10ClNO3/c1-6-2-3-11(8(12)4-6)5-7(10)9(13)14/h2-4,7H,5H2,1H3,(H,13,14). The van der Waals surface area contributed by atoms with Crippen LogP contribution in [0.1, 0.15) is 5.56 Å². The monoisotopic (exact) mass is 215 g/mol. The smallest absolute Gasteiger partial charge is 0.323 e.